The largest absolute Gasteiger partial charge is 0.481 e. The molecule has 7 nitrogen and oxygen atoms in total. The van der Waals surface area contributed by atoms with Gasteiger partial charge in [0.25, 0.3) is 5.91 Å². The van der Waals surface area contributed by atoms with Crippen molar-refractivity contribution in [3.05, 3.63) is 23.9 Å². The molecule has 0 bridgehead atoms. The Morgan fingerprint density at radius 2 is 2.28 bits per heavy atom. The number of aromatic nitrogens is 1. The average Bonchev–Trinajstić information content (AvgIpc) is 2.77. The number of pyridine rings is 1. The number of carbonyl (C=O) groups excluding carboxylic acids is 1. The second-order valence-electron chi connectivity index (χ2n) is 4.00. The zero-order valence-corrected chi connectivity index (χ0v) is 9.50. The van der Waals surface area contributed by atoms with E-state index in [0.717, 1.165) is 0 Å². The molecule has 0 spiro atoms. The standard InChI is InChI=1S/C11H13N3O4/c12-9(15)6-2-1-3-13-10(6)14-8-5-18-4-7(8)11(16)17/h1-3,7-8H,4-5H2,(H2,12,15)(H,13,14)(H,16,17). The van der Waals surface area contributed by atoms with Crippen molar-refractivity contribution in [2.24, 2.45) is 11.7 Å². The molecule has 18 heavy (non-hydrogen) atoms. The molecule has 0 radical (unpaired) electrons. The van der Waals surface area contributed by atoms with Crippen molar-refractivity contribution in [2.75, 3.05) is 18.5 Å². The van der Waals surface area contributed by atoms with Gasteiger partial charge in [-0.05, 0) is 12.1 Å². The van der Waals surface area contributed by atoms with Crippen LogP contribution in [0.3, 0.4) is 0 Å². The first-order valence-electron chi connectivity index (χ1n) is 5.41. The number of carboxylic acids is 1. The molecule has 0 saturated carbocycles. The first-order chi connectivity index (χ1) is 8.59. The van der Waals surface area contributed by atoms with E-state index in [1.807, 2.05) is 0 Å². The maximum Gasteiger partial charge on any atom is 0.311 e. The Bertz CT molecular complexity index is 477. The van der Waals surface area contributed by atoms with Gasteiger partial charge in [0.1, 0.15) is 11.7 Å². The molecule has 1 amide bonds. The highest BCUT2D eigenvalue weighted by atomic mass is 16.5. The summed E-state index contributed by atoms with van der Waals surface area (Å²) < 4.78 is 5.12. The van der Waals surface area contributed by atoms with E-state index in [4.69, 9.17) is 15.6 Å². The topological polar surface area (TPSA) is 115 Å². The minimum atomic E-state index is -0.943. The summed E-state index contributed by atoms with van der Waals surface area (Å²) in [5.41, 5.74) is 5.45. The Balaban J connectivity index is 2.19. The molecule has 1 aliphatic heterocycles. The van der Waals surface area contributed by atoms with Crippen LogP contribution in [0.2, 0.25) is 0 Å². The lowest BCUT2D eigenvalue weighted by Crippen LogP contribution is -2.34. The van der Waals surface area contributed by atoms with Gasteiger partial charge in [0.2, 0.25) is 0 Å². The van der Waals surface area contributed by atoms with Gasteiger partial charge in [0.15, 0.2) is 0 Å². The van der Waals surface area contributed by atoms with E-state index in [2.05, 4.69) is 10.3 Å². The predicted molar refractivity (Wildman–Crippen MR) is 62.1 cm³/mol. The fourth-order valence-corrected chi connectivity index (χ4v) is 1.83. The molecule has 1 saturated heterocycles. The molecule has 7 heteroatoms. The molecule has 2 heterocycles. The summed E-state index contributed by atoms with van der Waals surface area (Å²) in [6.45, 7) is 0.400. The summed E-state index contributed by atoms with van der Waals surface area (Å²) in [4.78, 5) is 26.2. The molecule has 1 fully saturated rings. The fourth-order valence-electron chi connectivity index (χ4n) is 1.83. The number of aliphatic carboxylic acids is 1. The molecule has 2 atom stereocenters. The lowest BCUT2D eigenvalue weighted by atomic mass is 10.0. The Morgan fingerprint density at radius 1 is 1.50 bits per heavy atom. The predicted octanol–water partition coefficient (Wildman–Crippen LogP) is -0.308. The first-order valence-corrected chi connectivity index (χ1v) is 5.41. The average molecular weight is 251 g/mol. The lowest BCUT2D eigenvalue weighted by molar-refractivity contribution is -0.141. The number of primary amides is 1. The van der Waals surface area contributed by atoms with E-state index in [1.54, 1.807) is 6.07 Å². The maximum absolute atomic E-state index is 11.2. The quantitative estimate of drug-likeness (QED) is 0.676. The Hall–Kier alpha value is -2.15. The number of nitrogens with one attached hydrogen (secondary N) is 1. The van der Waals surface area contributed by atoms with Crippen LogP contribution in [0, 0.1) is 5.92 Å². The molecule has 2 unspecified atom stereocenters. The Labute approximate surface area is 103 Å². The van der Waals surface area contributed by atoms with Crippen LogP contribution in [0.4, 0.5) is 5.82 Å². The van der Waals surface area contributed by atoms with Crippen LogP contribution in [0.25, 0.3) is 0 Å². The van der Waals surface area contributed by atoms with E-state index >= 15 is 0 Å². The number of ether oxygens (including phenoxy) is 1. The zero-order chi connectivity index (χ0) is 13.1. The minimum absolute atomic E-state index is 0.145. The van der Waals surface area contributed by atoms with E-state index in [1.165, 1.54) is 12.3 Å². The smallest absolute Gasteiger partial charge is 0.311 e. The number of hydrogen-bond donors (Lipinski definition) is 3. The molecule has 96 valence electrons. The summed E-state index contributed by atoms with van der Waals surface area (Å²) in [6, 6.07) is 2.70. The van der Waals surface area contributed by atoms with Crippen molar-refractivity contribution < 1.29 is 19.4 Å². The van der Waals surface area contributed by atoms with Crippen molar-refractivity contribution in [2.45, 2.75) is 6.04 Å². The van der Waals surface area contributed by atoms with Crippen molar-refractivity contribution in [3.8, 4) is 0 Å². The number of rotatable bonds is 4. The molecule has 0 aliphatic carbocycles. The van der Waals surface area contributed by atoms with Gasteiger partial charge in [-0.3, -0.25) is 9.59 Å². The molecular formula is C11H13N3O4. The summed E-state index contributed by atoms with van der Waals surface area (Å²) in [7, 11) is 0. The summed E-state index contributed by atoms with van der Waals surface area (Å²) in [5, 5.41) is 11.9. The van der Waals surface area contributed by atoms with E-state index < -0.39 is 23.8 Å². The van der Waals surface area contributed by atoms with Crippen LogP contribution in [0.1, 0.15) is 10.4 Å². The van der Waals surface area contributed by atoms with Gasteiger partial charge in [-0.2, -0.15) is 0 Å². The number of carboxylic acid groups (broad SMARTS) is 1. The zero-order valence-electron chi connectivity index (χ0n) is 9.50. The second-order valence-corrected chi connectivity index (χ2v) is 4.00. The first kappa shape index (κ1) is 12.3. The fraction of sp³-hybridized carbons (Fsp3) is 0.364. The SMILES string of the molecule is NC(=O)c1cccnc1NC1COCC1C(=O)O. The van der Waals surface area contributed by atoms with Gasteiger partial charge in [-0.25, -0.2) is 4.98 Å². The number of nitrogens with zero attached hydrogens (tertiary/aromatic N) is 1. The van der Waals surface area contributed by atoms with E-state index in [0.29, 0.717) is 0 Å². The highest BCUT2D eigenvalue weighted by Gasteiger charge is 2.34. The monoisotopic (exact) mass is 251 g/mol. The van der Waals surface area contributed by atoms with Gasteiger partial charge in [-0.15, -0.1) is 0 Å². The third-order valence-corrected chi connectivity index (χ3v) is 2.79. The molecule has 2 rings (SSSR count). The van der Waals surface area contributed by atoms with Gasteiger partial charge in [0.05, 0.1) is 24.8 Å². The van der Waals surface area contributed by atoms with Crippen molar-refractivity contribution in [3.63, 3.8) is 0 Å². The van der Waals surface area contributed by atoms with Crippen LogP contribution in [0.15, 0.2) is 18.3 Å². The lowest BCUT2D eigenvalue weighted by Gasteiger charge is -2.17. The number of anilines is 1. The van der Waals surface area contributed by atoms with E-state index in [9.17, 15) is 9.59 Å². The van der Waals surface area contributed by atoms with Crippen LogP contribution >= 0.6 is 0 Å². The van der Waals surface area contributed by atoms with Gasteiger partial charge >= 0.3 is 5.97 Å². The van der Waals surface area contributed by atoms with Crippen LogP contribution in [-0.4, -0.2) is 41.2 Å². The second kappa shape index (κ2) is 5.01. The summed E-state index contributed by atoms with van der Waals surface area (Å²) >= 11 is 0. The van der Waals surface area contributed by atoms with Gasteiger partial charge in [0, 0.05) is 6.20 Å². The van der Waals surface area contributed by atoms with E-state index in [-0.39, 0.29) is 24.6 Å². The highest BCUT2D eigenvalue weighted by molar-refractivity contribution is 5.97. The molecular weight excluding hydrogens is 238 g/mol. The summed E-state index contributed by atoms with van der Waals surface area (Å²) in [6.07, 6.45) is 1.50. The minimum Gasteiger partial charge on any atom is -0.481 e. The van der Waals surface area contributed by atoms with Crippen LogP contribution < -0.4 is 11.1 Å². The number of amides is 1. The number of hydrogen-bond acceptors (Lipinski definition) is 5. The van der Waals surface area contributed by atoms with Crippen molar-refractivity contribution in [1.82, 2.24) is 4.98 Å². The Morgan fingerprint density at radius 3 is 2.94 bits per heavy atom. The number of carbonyl (C=O) groups is 2. The summed E-state index contributed by atoms with van der Waals surface area (Å²) in [5.74, 6) is -1.93. The van der Waals surface area contributed by atoms with Crippen LogP contribution in [0.5, 0.6) is 0 Å². The van der Waals surface area contributed by atoms with Crippen molar-refractivity contribution >= 4 is 17.7 Å². The molecule has 4 N–H and O–H groups in total. The highest BCUT2D eigenvalue weighted by Crippen LogP contribution is 2.20. The van der Waals surface area contributed by atoms with Crippen LogP contribution in [-0.2, 0) is 9.53 Å². The maximum atomic E-state index is 11.2. The molecule has 1 aromatic rings. The molecule has 1 aromatic heterocycles. The van der Waals surface area contributed by atoms with Gasteiger partial charge < -0.3 is 20.9 Å². The normalized spacial score (nSPS) is 22.7. The Kier molecular flexibility index (Phi) is 3.42. The van der Waals surface area contributed by atoms with Crippen molar-refractivity contribution in [1.29, 1.82) is 0 Å². The number of nitrogens with two attached hydrogens (primary N) is 1. The third-order valence-electron chi connectivity index (χ3n) is 2.79. The third kappa shape index (κ3) is 2.40. The molecule has 1 aliphatic rings. The van der Waals surface area contributed by atoms with Gasteiger partial charge in [-0.1, -0.05) is 0 Å². The molecule has 0 aromatic carbocycles.